The van der Waals surface area contributed by atoms with Crippen molar-refractivity contribution in [1.82, 2.24) is 0 Å². The predicted octanol–water partition coefficient (Wildman–Crippen LogP) is -5.01. The monoisotopic (exact) mass is 294 g/mol. The maximum Gasteiger partial charge on any atom is 0.179 e. The Hall–Kier alpha value is 0.750. The Morgan fingerprint density at radius 2 is 1.38 bits per heavy atom. The second kappa shape index (κ2) is 8.78. The minimum Gasteiger partial charge on any atom is -1.00 e. The van der Waals surface area contributed by atoms with Gasteiger partial charge in [0.25, 0.3) is 0 Å². The zero-order valence-corrected chi connectivity index (χ0v) is 13.4. The molecule has 0 fully saturated rings. The lowest BCUT2D eigenvalue weighted by atomic mass is 10.5. The highest BCUT2D eigenvalue weighted by molar-refractivity contribution is 6.19. The summed E-state index contributed by atoms with van der Waals surface area (Å²) in [5, 5.41) is 0. The maximum absolute atomic E-state index is 6.05. The highest BCUT2D eigenvalue weighted by Gasteiger charge is 2.17. The molecule has 0 spiro atoms. The normalized spacial score (nSPS) is 13.7. The highest BCUT2D eigenvalue weighted by atomic mass is 35.5. The summed E-state index contributed by atoms with van der Waals surface area (Å²) in [6.07, 6.45) is 0. The summed E-state index contributed by atoms with van der Waals surface area (Å²) in [4.78, 5) is 0. The van der Waals surface area contributed by atoms with E-state index >= 15 is 0 Å². The number of hydrogen-bond acceptors (Lipinski definition) is 1. The van der Waals surface area contributed by atoms with E-state index in [1.165, 1.54) is 0 Å². The molecule has 0 aliphatic carbocycles. The number of nitrogens with zero attached hydrogens (tertiary/aromatic N) is 2. The van der Waals surface area contributed by atoms with Gasteiger partial charge in [-0.3, -0.25) is 0 Å². The van der Waals surface area contributed by atoms with Gasteiger partial charge in [0.1, 0.15) is 13.1 Å². The molecule has 0 aromatic rings. The molecule has 0 heterocycles. The molecule has 0 aliphatic heterocycles. The Morgan fingerprint density at radius 3 is 1.69 bits per heavy atom. The third-order valence-electron chi connectivity index (χ3n) is 1.75. The van der Waals surface area contributed by atoms with E-state index < -0.39 is 0 Å². The smallest absolute Gasteiger partial charge is 0.179 e. The first kappa shape index (κ1) is 22.0. The Bertz CT molecular complexity index is 166. The lowest BCUT2D eigenvalue weighted by Gasteiger charge is -2.28. The molecule has 0 saturated heterocycles. The van der Waals surface area contributed by atoms with Crippen LogP contribution < -0.4 is 24.8 Å². The first-order chi connectivity index (χ1) is 6.10. The lowest BCUT2D eigenvalue weighted by molar-refractivity contribution is -0.875. The van der Waals surface area contributed by atoms with Gasteiger partial charge in [-0.1, -0.05) is 11.6 Å². The van der Waals surface area contributed by atoms with Crippen LogP contribution in [0.15, 0.2) is 0 Å². The second-order valence-electron chi connectivity index (χ2n) is 5.77. The molecule has 0 aliphatic rings. The van der Waals surface area contributed by atoms with Crippen molar-refractivity contribution in [2.45, 2.75) is 5.56 Å². The van der Waals surface area contributed by atoms with Gasteiger partial charge in [-0.2, -0.15) is 0 Å². The molecule has 0 amide bonds. The first-order valence-corrected chi connectivity index (χ1v) is 5.40. The number of rotatable bonds is 6. The molecule has 0 saturated carbocycles. The van der Waals surface area contributed by atoms with E-state index in [9.17, 15) is 0 Å². The molecule has 0 aromatic carbocycles. The fraction of sp³-hybridized carbons (Fsp3) is 1.00. The Morgan fingerprint density at radius 1 is 0.938 bits per heavy atom. The minimum absolute atomic E-state index is 0. The van der Waals surface area contributed by atoms with E-state index in [0.29, 0.717) is 0 Å². The van der Waals surface area contributed by atoms with Crippen LogP contribution >= 0.6 is 11.6 Å². The SMILES string of the molecule is C[N+](C)(C)CCOC(Cl)C[N+](C)(C)C.[Cl-].[Cl-]. The Kier molecular flexibility index (Phi) is 12.1. The van der Waals surface area contributed by atoms with Crippen LogP contribution in [0.25, 0.3) is 0 Å². The maximum atomic E-state index is 6.05. The second-order valence-corrected chi connectivity index (χ2v) is 6.25. The molecule has 6 heteroatoms. The number of ether oxygens (including phenoxy) is 1. The number of likely N-dealkylation sites (N-methyl/N-ethyl adjacent to an activating group) is 2. The van der Waals surface area contributed by atoms with Crippen LogP contribution in [0, 0.1) is 0 Å². The Balaban J connectivity index is -0.000000845. The fourth-order valence-electron chi connectivity index (χ4n) is 0.938. The summed E-state index contributed by atoms with van der Waals surface area (Å²) in [6.45, 7) is 2.54. The molecule has 0 bridgehead atoms. The minimum atomic E-state index is -0.179. The van der Waals surface area contributed by atoms with Crippen molar-refractivity contribution in [3.63, 3.8) is 0 Å². The Labute approximate surface area is 118 Å². The van der Waals surface area contributed by atoms with Crippen LogP contribution in [0.2, 0.25) is 0 Å². The first-order valence-electron chi connectivity index (χ1n) is 4.97. The fourth-order valence-corrected chi connectivity index (χ4v) is 1.44. The predicted molar refractivity (Wildman–Crippen MR) is 61.4 cm³/mol. The third kappa shape index (κ3) is 17.2. The van der Waals surface area contributed by atoms with Gasteiger partial charge in [-0.05, 0) is 0 Å². The van der Waals surface area contributed by atoms with Crippen LogP contribution in [0.1, 0.15) is 0 Å². The summed E-state index contributed by atoms with van der Waals surface area (Å²) >= 11 is 6.05. The number of quaternary nitrogens is 2. The van der Waals surface area contributed by atoms with Crippen molar-refractivity contribution in [2.24, 2.45) is 0 Å². The van der Waals surface area contributed by atoms with Crippen LogP contribution in [0.5, 0.6) is 0 Å². The van der Waals surface area contributed by atoms with E-state index in [4.69, 9.17) is 16.3 Å². The number of hydrogen-bond donors (Lipinski definition) is 0. The van der Waals surface area contributed by atoms with E-state index in [1.54, 1.807) is 0 Å². The molecule has 1 unspecified atom stereocenters. The summed E-state index contributed by atoms with van der Waals surface area (Å²) in [7, 11) is 12.8. The van der Waals surface area contributed by atoms with Crippen LogP contribution in [-0.2, 0) is 4.74 Å². The number of alkyl halides is 1. The molecule has 3 nitrogen and oxygen atoms in total. The highest BCUT2D eigenvalue weighted by Crippen LogP contribution is 2.04. The molecule has 0 radical (unpaired) electrons. The quantitative estimate of drug-likeness (QED) is 0.352. The van der Waals surface area contributed by atoms with Gasteiger partial charge in [0.05, 0.1) is 48.9 Å². The van der Waals surface area contributed by atoms with Crippen LogP contribution in [0.4, 0.5) is 0 Å². The van der Waals surface area contributed by atoms with Crippen molar-refractivity contribution in [3.05, 3.63) is 0 Å². The molecular formula is C10H25Cl3N2O. The largest absolute Gasteiger partial charge is 1.00 e. The van der Waals surface area contributed by atoms with E-state index in [0.717, 1.165) is 28.7 Å². The molecule has 0 rings (SSSR count). The van der Waals surface area contributed by atoms with E-state index in [-0.39, 0.29) is 30.4 Å². The summed E-state index contributed by atoms with van der Waals surface area (Å²) in [6, 6.07) is 0. The third-order valence-corrected chi connectivity index (χ3v) is 2.02. The van der Waals surface area contributed by atoms with Gasteiger partial charge in [-0.15, -0.1) is 0 Å². The summed E-state index contributed by atoms with van der Waals surface area (Å²) in [5.74, 6) is 0. The molecule has 1 atom stereocenters. The summed E-state index contributed by atoms with van der Waals surface area (Å²) < 4.78 is 7.27. The molecular weight excluding hydrogens is 270 g/mol. The van der Waals surface area contributed by atoms with Gasteiger partial charge in [-0.25, -0.2) is 0 Å². The molecule has 102 valence electrons. The van der Waals surface area contributed by atoms with Crippen molar-refractivity contribution in [1.29, 1.82) is 0 Å². The van der Waals surface area contributed by atoms with Crippen molar-refractivity contribution >= 4 is 11.6 Å². The van der Waals surface area contributed by atoms with Crippen molar-refractivity contribution < 1.29 is 38.5 Å². The topological polar surface area (TPSA) is 9.23 Å². The van der Waals surface area contributed by atoms with Gasteiger partial charge in [0, 0.05) is 0 Å². The molecule has 16 heavy (non-hydrogen) atoms. The van der Waals surface area contributed by atoms with Gasteiger partial charge in [0.2, 0.25) is 0 Å². The van der Waals surface area contributed by atoms with Crippen molar-refractivity contribution in [2.75, 3.05) is 62.0 Å². The average molecular weight is 296 g/mol. The van der Waals surface area contributed by atoms with Crippen LogP contribution in [-0.4, -0.2) is 76.5 Å². The molecule has 0 aromatic heterocycles. The van der Waals surface area contributed by atoms with Gasteiger partial charge < -0.3 is 38.5 Å². The summed E-state index contributed by atoms with van der Waals surface area (Å²) in [5.41, 5.74) is -0.179. The van der Waals surface area contributed by atoms with Crippen LogP contribution in [0.3, 0.4) is 0 Å². The van der Waals surface area contributed by atoms with Crippen molar-refractivity contribution in [3.8, 4) is 0 Å². The van der Waals surface area contributed by atoms with Gasteiger partial charge in [0.15, 0.2) is 5.56 Å². The number of halogens is 3. The molecule has 0 N–H and O–H groups in total. The van der Waals surface area contributed by atoms with E-state index in [1.807, 2.05) is 0 Å². The van der Waals surface area contributed by atoms with E-state index in [2.05, 4.69) is 42.3 Å². The lowest BCUT2D eigenvalue weighted by Crippen LogP contribution is -3.00. The zero-order valence-electron chi connectivity index (χ0n) is 11.1. The van der Waals surface area contributed by atoms with Gasteiger partial charge >= 0.3 is 0 Å². The average Bonchev–Trinajstić information content (AvgIpc) is 1.78. The standard InChI is InChI=1S/C10H25ClN2O.2ClH/c1-12(2,3)7-8-14-10(11)9-13(4,5)6;;/h10H,7-9H2,1-6H3;2*1H/q+2;;/p-2. The zero-order chi connectivity index (χ0) is 11.4.